The van der Waals surface area contributed by atoms with Gasteiger partial charge in [-0.25, -0.2) is 0 Å². The van der Waals surface area contributed by atoms with Gasteiger partial charge < -0.3 is 4.90 Å². The van der Waals surface area contributed by atoms with Crippen molar-refractivity contribution in [2.24, 2.45) is 0 Å². The van der Waals surface area contributed by atoms with Crippen LogP contribution >= 0.6 is 0 Å². The first-order valence-corrected chi connectivity index (χ1v) is 7.06. The summed E-state index contributed by atoms with van der Waals surface area (Å²) in [7, 11) is 0. The van der Waals surface area contributed by atoms with Crippen molar-refractivity contribution < 1.29 is 0 Å². The molecular formula is C14H24N2. The predicted octanol–water partition coefficient (Wildman–Crippen LogP) is 2.26. The average molecular weight is 220 g/mol. The molecule has 2 saturated heterocycles. The molecule has 0 radical (unpaired) electrons. The summed E-state index contributed by atoms with van der Waals surface area (Å²) < 4.78 is 0. The SMILES string of the molecule is CCN1[C@@H]2C=C[C@H]1CC(N1CCCCC1)C2. The van der Waals surface area contributed by atoms with Crippen LogP contribution in [0.1, 0.15) is 39.0 Å². The summed E-state index contributed by atoms with van der Waals surface area (Å²) in [5.41, 5.74) is 0. The zero-order chi connectivity index (χ0) is 11.0. The molecular weight excluding hydrogens is 196 g/mol. The number of rotatable bonds is 2. The van der Waals surface area contributed by atoms with E-state index in [1.54, 1.807) is 0 Å². The number of likely N-dealkylation sites (N-methyl/N-ethyl adjacent to an activating group) is 1. The van der Waals surface area contributed by atoms with Crippen LogP contribution in [0, 0.1) is 0 Å². The second-order valence-corrected chi connectivity index (χ2v) is 5.57. The monoisotopic (exact) mass is 220 g/mol. The van der Waals surface area contributed by atoms with Crippen LogP contribution in [0.2, 0.25) is 0 Å². The van der Waals surface area contributed by atoms with Gasteiger partial charge in [-0.05, 0) is 45.3 Å². The number of piperidine rings is 2. The van der Waals surface area contributed by atoms with Crippen LogP contribution in [0.3, 0.4) is 0 Å². The molecule has 2 bridgehead atoms. The van der Waals surface area contributed by atoms with E-state index in [0.29, 0.717) is 0 Å². The normalized spacial score (nSPS) is 40.4. The zero-order valence-corrected chi connectivity index (χ0v) is 10.4. The van der Waals surface area contributed by atoms with Gasteiger partial charge in [0.05, 0.1) is 0 Å². The molecule has 0 spiro atoms. The van der Waals surface area contributed by atoms with E-state index in [9.17, 15) is 0 Å². The van der Waals surface area contributed by atoms with Crippen LogP contribution in [0.15, 0.2) is 12.2 Å². The third-order valence-corrected chi connectivity index (χ3v) is 4.71. The lowest BCUT2D eigenvalue weighted by Gasteiger charge is -2.44. The summed E-state index contributed by atoms with van der Waals surface area (Å²) in [5.74, 6) is 0. The highest BCUT2D eigenvalue weighted by Crippen LogP contribution is 2.33. The van der Waals surface area contributed by atoms with Gasteiger partial charge in [0.15, 0.2) is 0 Å². The Morgan fingerprint density at radius 2 is 1.62 bits per heavy atom. The van der Waals surface area contributed by atoms with Crippen LogP contribution in [0.5, 0.6) is 0 Å². The van der Waals surface area contributed by atoms with Crippen LogP contribution < -0.4 is 0 Å². The van der Waals surface area contributed by atoms with Crippen molar-refractivity contribution in [2.45, 2.75) is 57.2 Å². The van der Waals surface area contributed by atoms with Crippen molar-refractivity contribution in [3.8, 4) is 0 Å². The van der Waals surface area contributed by atoms with E-state index in [0.717, 1.165) is 18.1 Å². The largest absolute Gasteiger partial charge is 0.300 e. The molecule has 3 aliphatic heterocycles. The zero-order valence-electron chi connectivity index (χ0n) is 10.4. The van der Waals surface area contributed by atoms with Crippen molar-refractivity contribution >= 4 is 0 Å². The van der Waals surface area contributed by atoms with Gasteiger partial charge >= 0.3 is 0 Å². The smallest absolute Gasteiger partial charge is 0.0299 e. The van der Waals surface area contributed by atoms with E-state index >= 15 is 0 Å². The fourth-order valence-electron chi connectivity index (χ4n) is 3.86. The van der Waals surface area contributed by atoms with Crippen molar-refractivity contribution in [3.05, 3.63) is 12.2 Å². The van der Waals surface area contributed by atoms with E-state index in [2.05, 4.69) is 28.9 Å². The van der Waals surface area contributed by atoms with Gasteiger partial charge in [-0.2, -0.15) is 0 Å². The van der Waals surface area contributed by atoms with Crippen molar-refractivity contribution in [1.82, 2.24) is 9.80 Å². The minimum atomic E-state index is 0.746. The van der Waals surface area contributed by atoms with Crippen LogP contribution in [0.4, 0.5) is 0 Å². The molecule has 3 rings (SSSR count). The third kappa shape index (κ3) is 1.82. The number of likely N-dealkylation sites (tertiary alicyclic amines) is 1. The molecule has 2 heteroatoms. The van der Waals surface area contributed by atoms with Gasteiger partial charge in [0.1, 0.15) is 0 Å². The molecule has 0 N–H and O–H groups in total. The number of fused-ring (bicyclic) bond motifs is 2. The van der Waals surface area contributed by atoms with Gasteiger partial charge in [0, 0.05) is 18.1 Å². The molecule has 2 fully saturated rings. The van der Waals surface area contributed by atoms with E-state index in [-0.39, 0.29) is 0 Å². The highest BCUT2D eigenvalue weighted by atomic mass is 15.2. The lowest BCUT2D eigenvalue weighted by molar-refractivity contribution is 0.0607. The Labute approximate surface area is 99.3 Å². The molecule has 90 valence electrons. The Bertz CT molecular complexity index is 252. The van der Waals surface area contributed by atoms with Crippen LogP contribution in [0.25, 0.3) is 0 Å². The van der Waals surface area contributed by atoms with Crippen LogP contribution in [-0.2, 0) is 0 Å². The van der Waals surface area contributed by atoms with E-state index in [4.69, 9.17) is 0 Å². The molecule has 16 heavy (non-hydrogen) atoms. The Kier molecular flexibility index (Phi) is 3.03. The Morgan fingerprint density at radius 3 is 2.19 bits per heavy atom. The molecule has 3 aliphatic rings. The van der Waals surface area contributed by atoms with Crippen molar-refractivity contribution in [1.29, 1.82) is 0 Å². The van der Waals surface area contributed by atoms with Gasteiger partial charge in [0.2, 0.25) is 0 Å². The van der Waals surface area contributed by atoms with E-state index in [1.807, 2.05) is 0 Å². The van der Waals surface area contributed by atoms with Gasteiger partial charge in [0.25, 0.3) is 0 Å². The van der Waals surface area contributed by atoms with Gasteiger partial charge in [-0.15, -0.1) is 0 Å². The van der Waals surface area contributed by atoms with Crippen molar-refractivity contribution in [3.63, 3.8) is 0 Å². The second kappa shape index (κ2) is 4.50. The van der Waals surface area contributed by atoms with Gasteiger partial charge in [-0.1, -0.05) is 25.5 Å². The minimum Gasteiger partial charge on any atom is -0.300 e. The summed E-state index contributed by atoms with van der Waals surface area (Å²) in [6.07, 6.45) is 12.0. The highest BCUT2D eigenvalue weighted by Gasteiger charge is 2.38. The summed E-state index contributed by atoms with van der Waals surface area (Å²) in [5, 5.41) is 0. The lowest BCUT2D eigenvalue weighted by Crippen LogP contribution is -2.51. The molecule has 3 atom stereocenters. The molecule has 0 aliphatic carbocycles. The minimum absolute atomic E-state index is 0.746. The maximum absolute atomic E-state index is 2.77. The first-order valence-electron chi connectivity index (χ1n) is 7.06. The highest BCUT2D eigenvalue weighted by molar-refractivity contribution is 5.15. The summed E-state index contributed by atoms with van der Waals surface area (Å²) >= 11 is 0. The third-order valence-electron chi connectivity index (χ3n) is 4.71. The first-order chi connectivity index (χ1) is 7.88. The van der Waals surface area contributed by atoms with E-state index in [1.165, 1.54) is 51.7 Å². The molecule has 3 heterocycles. The van der Waals surface area contributed by atoms with E-state index < -0.39 is 0 Å². The van der Waals surface area contributed by atoms with Crippen molar-refractivity contribution in [2.75, 3.05) is 19.6 Å². The lowest BCUT2D eigenvalue weighted by atomic mass is 9.93. The fourth-order valence-corrected chi connectivity index (χ4v) is 3.86. The van der Waals surface area contributed by atoms with Crippen LogP contribution in [-0.4, -0.2) is 47.6 Å². The van der Waals surface area contributed by atoms with Gasteiger partial charge in [-0.3, -0.25) is 4.90 Å². The maximum atomic E-state index is 2.77. The number of hydrogen-bond donors (Lipinski definition) is 0. The Hall–Kier alpha value is -0.340. The number of nitrogens with zero attached hydrogens (tertiary/aromatic N) is 2. The molecule has 0 aromatic heterocycles. The second-order valence-electron chi connectivity index (χ2n) is 5.57. The topological polar surface area (TPSA) is 6.48 Å². The molecule has 2 nitrogen and oxygen atoms in total. The molecule has 0 aromatic carbocycles. The average Bonchev–Trinajstić information content (AvgIpc) is 2.59. The quantitative estimate of drug-likeness (QED) is 0.659. The molecule has 0 saturated carbocycles. The fraction of sp³-hybridized carbons (Fsp3) is 0.857. The maximum Gasteiger partial charge on any atom is 0.0299 e. The Balaban J connectivity index is 1.64. The standard InChI is InChI=1S/C14H24N2/c1-2-16-12-6-7-13(16)11-14(10-12)15-8-4-3-5-9-15/h6-7,12-14H,2-5,8-11H2,1H3/t12-,13+,14?. The Morgan fingerprint density at radius 1 is 1.00 bits per heavy atom. The number of hydrogen-bond acceptors (Lipinski definition) is 2. The summed E-state index contributed by atoms with van der Waals surface area (Å²) in [6, 6.07) is 2.36. The molecule has 0 aromatic rings. The predicted molar refractivity (Wildman–Crippen MR) is 67.5 cm³/mol. The first kappa shape index (κ1) is 10.8. The molecule has 1 unspecified atom stereocenters. The summed E-state index contributed by atoms with van der Waals surface area (Å²) in [4.78, 5) is 5.43. The summed E-state index contributed by atoms with van der Waals surface area (Å²) in [6.45, 7) is 6.23. The molecule has 0 amide bonds.